The van der Waals surface area contributed by atoms with Crippen molar-refractivity contribution in [3.05, 3.63) is 0 Å². The second kappa shape index (κ2) is 6.54. The summed E-state index contributed by atoms with van der Waals surface area (Å²) in [5.41, 5.74) is 6.16. The average Bonchev–Trinajstić information content (AvgIpc) is 2.71. The zero-order valence-electron chi connectivity index (χ0n) is 12.4. The van der Waals surface area contributed by atoms with Gasteiger partial charge in [-0.3, -0.25) is 15.0 Å². The zero-order valence-corrected chi connectivity index (χ0v) is 12.4. The molecular formula is C14H26N4O2. The van der Waals surface area contributed by atoms with E-state index in [1.165, 1.54) is 12.8 Å². The average molecular weight is 282 g/mol. The third-order valence-electron chi connectivity index (χ3n) is 4.27. The fourth-order valence-electron chi connectivity index (χ4n) is 3.41. The van der Waals surface area contributed by atoms with E-state index in [0.29, 0.717) is 11.8 Å². The van der Waals surface area contributed by atoms with Crippen LogP contribution in [0.1, 0.15) is 33.1 Å². The molecule has 0 aromatic heterocycles. The lowest BCUT2D eigenvalue weighted by molar-refractivity contribution is -0.121. The van der Waals surface area contributed by atoms with Crippen molar-refractivity contribution in [1.29, 1.82) is 0 Å². The minimum absolute atomic E-state index is 0.0236. The van der Waals surface area contributed by atoms with Gasteiger partial charge in [-0.2, -0.15) is 0 Å². The lowest BCUT2D eigenvalue weighted by Crippen LogP contribution is -2.46. The van der Waals surface area contributed by atoms with Gasteiger partial charge in [0, 0.05) is 25.2 Å². The predicted octanol–water partition coefficient (Wildman–Crippen LogP) is 0.280. The third-order valence-corrected chi connectivity index (χ3v) is 4.27. The van der Waals surface area contributed by atoms with Crippen molar-refractivity contribution in [1.82, 2.24) is 15.5 Å². The number of hydrogen-bond donors (Lipinski definition) is 3. The van der Waals surface area contributed by atoms with Crippen LogP contribution >= 0.6 is 0 Å². The summed E-state index contributed by atoms with van der Waals surface area (Å²) >= 11 is 0. The van der Waals surface area contributed by atoms with Gasteiger partial charge < -0.3 is 11.1 Å². The van der Waals surface area contributed by atoms with Crippen molar-refractivity contribution < 1.29 is 9.59 Å². The van der Waals surface area contributed by atoms with Crippen LogP contribution in [0.15, 0.2) is 0 Å². The number of carbonyl (C=O) groups is 2. The number of imide groups is 1. The normalized spacial score (nSPS) is 30.1. The highest BCUT2D eigenvalue weighted by Gasteiger charge is 2.39. The van der Waals surface area contributed by atoms with Gasteiger partial charge in [-0.25, -0.2) is 4.79 Å². The number of nitrogens with two attached hydrogens (primary N) is 1. The number of amides is 3. The van der Waals surface area contributed by atoms with Gasteiger partial charge in [0.2, 0.25) is 5.91 Å². The Hall–Kier alpha value is -1.14. The molecule has 3 amide bonds. The number of nitrogens with one attached hydrogen (secondary N) is 2. The summed E-state index contributed by atoms with van der Waals surface area (Å²) in [6.07, 6.45) is 3.50. The smallest absolute Gasteiger partial charge is 0.321 e. The second-order valence-corrected chi connectivity index (χ2v) is 6.39. The number of nitrogens with zero attached hydrogens (tertiary/aromatic N) is 1. The van der Waals surface area contributed by atoms with Gasteiger partial charge in [0.15, 0.2) is 0 Å². The van der Waals surface area contributed by atoms with Gasteiger partial charge in [-0.15, -0.1) is 0 Å². The molecule has 3 atom stereocenters. The summed E-state index contributed by atoms with van der Waals surface area (Å²) in [7, 11) is 0. The molecule has 0 spiro atoms. The standard InChI is InChI=1S/C14H26N4O2/c1-9(2)16-14(20)17-13(19)8-18-6-10-4-3-5-12(15)11(10)7-18/h9-12H,3-8,15H2,1-2H3,(H2,16,17,19,20). The summed E-state index contributed by atoms with van der Waals surface area (Å²) in [5.74, 6) is 0.896. The van der Waals surface area contributed by atoms with Crippen molar-refractivity contribution in [3.8, 4) is 0 Å². The van der Waals surface area contributed by atoms with E-state index in [1.807, 2.05) is 13.8 Å². The van der Waals surface area contributed by atoms with Crippen LogP contribution in [-0.2, 0) is 4.79 Å². The van der Waals surface area contributed by atoms with E-state index in [-0.39, 0.29) is 24.5 Å². The van der Waals surface area contributed by atoms with E-state index in [1.54, 1.807) is 0 Å². The summed E-state index contributed by atoms with van der Waals surface area (Å²) in [4.78, 5) is 25.4. The summed E-state index contributed by atoms with van der Waals surface area (Å²) in [6.45, 7) is 5.81. The Kier molecular flexibility index (Phi) is 4.99. The molecule has 1 heterocycles. The summed E-state index contributed by atoms with van der Waals surface area (Å²) in [5, 5.41) is 5.01. The summed E-state index contributed by atoms with van der Waals surface area (Å²) < 4.78 is 0. The predicted molar refractivity (Wildman–Crippen MR) is 77.1 cm³/mol. The Morgan fingerprint density at radius 3 is 2.70 bits per heavy atom. The maximum atomic E-state index is 11.8. The lowest BCUT2D eigenvalue weighted by atomic mass is 9.78. The van der Waals surface area contributed by atoms with Crippen molar-refractivity contribution in [2.45, 2.75) is 45.2 Å². The van der Waals surface area contributed by atoms with Crippen LogP contribution in [0, 0.1) is 11.8 Å². The number of rotatable bonds is 3. The summed E-state index contributed by atoms with van der Waals surface area (Å²) in [6, 6.07) is -0.125. The fraction of sp³-hybridized carbons (Fsp3) is 0.857. The second-order valence-electron chi connectivity index (χ2n) is 6.39. The molecule has 2 aliphatic rings. The van der Waals surface area contributed by atoms with E-state index in [4.69, 9.17) is 5.73 Å². The van der Waals surface area contributed by atoms with Crippen LogP contribution in [0.4, 0.5) is 4.79 Å². The van der Waals surface area contributed by atoms with E-state index in [2.05, 4.69) is 15.5 Å². The van der Waals surface area contributed by atoms with Gasteiger partial charge in [0.05, 0.1) is 6.54 Å². The van der Waals surface area contributed by atoms with E-state index >= 15 is 0 Å². The molecule has 0 aromatic carbocycles. The topological polar surface area (TPSA) is 87.5 Å². The van der Waals surface area contributed by atoms with Gasteiger partial charge in [0.1, 0.15) is 0 Å². The van der Waals surface area contributed by atoms with Crippen LogP contribution in [0.2, 0.25) is 0 Å². The van der Waals surface area contributed by atoms with E-state index in [0.717, 1.165) is 19.5 Å². The van der Waals surface area contributed by atoms with Crippen LogP contribution < -0.4 is 16.4 Å². The first-order chi connectivity index (χ1) is 9.45. The van der Waals surface area contributed by atoms with Crippen molar-refractivity contribution >= 4 is 11.9 Å². The highest BCUT2D eigenvalue weighted by atomic mass is 16.2. The highest BCUT2D eigenvalue weighted by Crippen LogP contribution is 2.35. The lowest BCUT2D eigenvalue weighted by Gasteiger charge is -2.29. The minimum atomic E-state index is -0.418. The molecule has 1 aliphatic carbocycles. The molecule has 114 valence electrons. The first-order valence-electron chi connectivity index (χ1n) is 7.54. The molecule has 0 radical (unpaired) electrons. The highest BCUT2D eigenvalue weighted by molar-refractivity contribution is 5.95. The monoisotopic (exact) mass is 282 g/mol. The molecule has 0 aromatic rings. The molecule has 2 rings (SSSR count). The van der Waals surface area contributed by atoms with Gasteiger partial charge in [-0.05, 0) is 38.5 Å². The number of urea groups is 1. The van der Waals surface area contributed by atoms with E-state index < -0.39 is 6.03 Å². The minimum Gasteiger partial charge on any atom is -0.336 e. The molecule has 6 heteroatoms. The Morgan fingerprint density at radius 1 is 1.30 bits per heavy atom. The molecule has 0 bridgehead atoms. The third kappa shape index (κ3) is 3.93. The molecule has 20 heavy (non-hydrogen) atoms. The quantitative estimate of drug-likeness (QED) is 0.694. The number of likely N-dealkylation sites (tertiary alicyclic amines) is 1. The van der Waals surface area contributed by atoms with Gasteiger partial charge in [0.25, 0.3) is 0 Å². The Morgan fingerprint density at radius 2 is 2.05 bits per heavy atom. The zero-order chi connectivity index (χ0) is 14.7. The van der Waals surface area contributed by atoms with Crippen LogP contribution in [0.25, 0.3) is 0 Å². The largest absolute Gasteiger partial charge is 0.336 e. The number of fused-ring (bicyclic) bond motifs is 1. The molecule has 1 saturated carbocycles. The fourth-order valence-corrected chi connectivity index (χ4v) is 3.41. The molecule has 1 saturated heterocycles. The first kappa shape index (κ1) is 15.3. The van der Waals surface area contributed by atoms with Crippen molar-refractivity contribution in [2.24, 2.45) is 17.6 Å². The molecule has 3 unspecified atom stereocenters. The van der Waals surface area contributed by atoms with Crippen LogP contribution in [0.5, 0.6) is 0 Å². The first-order valence-corrected chi connectivity index (χ1v) is 7.54. The number of hydrogen-bond acceptors (Lipinski definition) is 4. The van der Waals surface area contributed by atoms with Crippen LogP contribution in [0.3, 0.4) is 0 Å². The molecule has 2 fully saturated rings. The van der Waals surface area contributed by atoms with Crippen molar-refractivity contribution in [2.75, 3.05) is 19.6 Å². The van der Waals surface area contributed by atoms with Gasteiger partial charge >= 0.3 is 6.03 Å². The van der Waals surface area contributed by atoms with Crippen molar-refractivity contribution in [3.63, 3.8) is 0 Å². The molecule has 1 aliphatic heterocycles. The maximum absolute atomic E-state index is 11.8. The Bertz CT molecular complexity index is 372. The number of carbonyl (C=O) groups excluding carboxylic acids is 2. The molecule has 6 nitrogen and oxygen atoms in total. The SMILES string of the molecule is CC(C)NC(=O)NC(=O)CN1CC2CCCC(N)C2C1. The van der Waals surface area contributed by atoms with Gasteiger partial charge in [-0.1, -0.05) is 6.42 Å². The van der Waals surface area contributed by atoms with Crippen LogP contribution in [-0.4, -0.2) is 48.6 Å². The molecular weight excluding hydrogens is 256 g/mol. The molecule has 4 N–H and O–H groups in total. The van der Waals surface area contributed by atoms with E-state index in [9.17, 15) is 9.59 Å². The maximum Gasteiger partial charge on any atom is 0.321 e. The Balaban J connectivity index is 1.77. The Labute approximate surface area is 120 Å².